The number of aromatic nitrogens is 1. The number of carbonyl (C=O) groups is 2. The summed E-state index contributed by atoms with van der Waals surface area (Å²) in [6, 6.07) is 7.04. The number of ketones is 1. The van der Waals surface area contributed by atoms with Crippen LogP contribution >= 0.6 is 23.1 Å². The van der Waals surface area contributed by atoms with Crippen LogP contribution in [0.1, 0.15) is 43.7 Å². The first-order chi connectivity index (χ1) is 11.2. The molecular formula is C18H22N2O2S2. The van der Waals surface area contributed by atoms with E-state index in [1.54, 1.807) is 35.6 Å². The molecule has 0 spiro atoms. The van der Waals surface area contributed by atoms with E-state index in [1.165, 1.54) is 11.8 Å². The van der Waals surface area contributed by atoms with Gasteiger partial charge in [-0.05, 0) is 38.1 Å². The number of thioether (sulfide) groups is 1. The fourth-order valence-electron chi connectivity index (χ4n) is 1.86. The van der Waals surface area contributed by atoms with Crippen molar-refractivity contribution in [3.63, 3.8) is 0 Å². The van der Waals surface area contributed by atoms with E-state index in [1.807, 2.05) is 40.0 Å². The van der Waals surface area contributed by atoms with Gasteiger partial charge in [0, 0.05) is 27.7 Å². The molecule has 0 fully saturated rings. The van der Waals surface area contributed by atoms with Gasteiger partial charge in [0.25, 0.3) is 0 Å². The van der Waals surface area contributed by atoms with Gasteiger partial charge in [-0.2, -0.15) is 0 Å². The summed E-state index contributed by atoms with van der Waals surface area (Å²) >= 11 is 3.03. The predicted molar refractivity (Wildman–Crippen MR) is 101 cm³/mol. The van der Waals surface area contributed by atoms with Gasteiger partial charge in [-0.25, -0.2) is 4.98 Å². The zero-order chi connectivity index (χ0) is 17.9. The maximum atomic E-state index is 12.5. The lowest BCUT2D eigenvalue weighted by Gasteiger charge is -2.17. The molecule has 2 rings (SSSR count). The van der Waals surface area contributed by atoms with E-state index in [-0.39, 0.29) is 16.9 Å². The number of hydrogen-bond acceptors (Lipinski definition) is 5. The standard InChI is InChI=1S/C18H22N2O2S2/c1-11-10-23-17(19-11)24-12(2)15(21)13-6-8-14(9-7-13)20-16(22)18(3,4)5/h6-10,12H,1-5H3,(H,20,22)/t12-/m0/s1. The Bertz CT molecular complexity index is 730. The molecule has 0 aliphatic carbocycles. The molecular weight excluding hydrogens is 340 g/mol. The van der Waals surface area contributed by atoms with E-state index in [9.17, 15) is 9.59 Å². The van der Waals surface area contributed by atoms with Gasteiger partial charge in [-0.1, -0.05) is 32.5 Å². The van der Waals surface area contributed by atoms with Crippen molar-refractivity contribution in [1.82, 2.24) is 4.98 Å². The fourth-order valence-corrected chi connectivity index (χ4v) is 3.93. The molecule has 1 heterocycles. The third kappa shape index (κ3) is 4.92. The third-order valence-electron chi connectivity index (χ3n) is 3.35. The minimum absolute atomic E-state index is 0.0513. The summed E-state index contributed by atoms with van der Waals surface area (Å²) in [5.74, 6) is 0.00573. The lowest BCUT2D eigenvalue weighted by molar-refractivity contribution is -0.123. The van der Waals surface area contributed by atoms with Crippen LogP contribution in [-0.2, 0) is 4.79 Å². The van der Waals surface area contributed by atoms with Crippen molar-refractivity contribution in [2.75, 3.05) is 5.32 Å². The lowest BCUT2D eigenvalue weighted by Crippen LogP contribution is -2.27. The number of Topliss-reactive ketones (excluding diaryl/α,β-unsaturated/α-hetero) is 1. The van der Waals surface area contributed by atoms with Gasteiger partial charge < -0.3 is 5.32 Å². The summed E-state index contributed by atoms with van der Waals surface area (Å²) < 4.78 is 0.905. The number of benzene rings is 1. The molecule has 0 radical (unpaired) electrons. The summed E-state index contributed by atoms with van der Waals surface area (Å²) in [6.45, 7) is 9.41. The quantitative estimate of drug-likeness (QED) is 0.613. The zero-order valence-electron chi connectivity index (χ0n) is 14.5. The van der Waals surface area contributed by atoms with Crippen molar-refractivity contribution in [2.24, 2.45) is 5.41 Å². The minimum Gasteiger partial charge on any atom is -0.326 e. The highest BCUT2D eigenvalue weighted by molar-refractivity contribution is 8.02. The number of amides is 1. The van der Waals surface area contributed by atoms with E-state index in [4.69, 9.17) is 0 Å². The average Bonchev–Trinajstić information content (AvgIpc) is 2.91. The van der Waals surface area contributed by atoms with Crippen LogP contribution in [0.25, 0.3) is 0 Å². The Balaban J connectivity index is 2.01. The Morgan fingerprint density at radius 3 is 2.33 bits per heavy atom. The summed E-state index contributed by atoms with van der Waals surface area (Å²) in [6.07, 6.45) is 0. The lowest BCUT2D eigenvalue weighted by atomic mass is 9.95. The van der Waals surface area contributed by atoms with Crippen LogP contribution in [0.5, 0.6) is 0 Å². The van der Waals surface area contributed by atoms with Crippen LogP contribution in [0.4, 0.5) is 5.69 Å². The van der Waals surface area contributed by atoms with Gasteiger partial charge in [-0.15, -0.1) is 11.3 Å². The molecule has 0 aliphatic heterocycles. The normalized spacial score (nSPS) is 12.7. The van der Waals surface area contributed by atoms with Crippen LogP contribution < -0.4 is 5.32 Å². The first kappa shape index (κ1) is 18.7. The minimum atomic E-state index is -0.453. The van der Waals surface area contributed by atoms with Gasteiger partial charge in [0.05, 0.1) is 5.25 Å². The monoisotopic (exact) mass is 362 g/mol. The molecule has 1 atom stereocenters. The third-order valence-corrected chi connectivity index (χ3v) is 5.54. The molecule has 6 heteroatoms. The summed E-state index contributed by atoms with van der Waals surface area (Å²) in [4.78, 5) is 28.9. The first-order valence-corrected chi connectivity index (χ1v) is 9.47. The number of hydrogen-bond donors (Lipinski definition) is 1. The molecule has 2 aromatic rings. The second-order valence-corrected chi connectivity index (χ2v) is 9.11. The number of nitrogens with zero attached hydrogens (tertiary/aromatic N) is 1. The van der Waals surface area contributed by atoms with Crippen molar-refractivity contribution >= 4 is 40.5 Å². The van der Waals surface area contributed by atoms with Crippen molar-refractivity contribution in [2.45, 2.75) is 44.2 Å². The first-order valence-electron chi connectivity index (χ1n) is 7.71. The van der Waals surface area contributed by atoms with E-state index >= 15 is 0 Å². The summed E-state index contributed by atoms with van der Waals surface area (Å²) in [7, 11) is 0. The molecule has 0 aliphatic rings. The number of thiazole rings is 1. The molecule has 128 valence electrons. The highest BCUT2D eigenvalue weighted by Crippen LogP contribution is 2.28. The predicted octanol–water partition coefficient (Wildman–Crippen LogP) is 4.80. The van der Waals surface area contributed by atoms with E-state index in [0.717, 1.165) is 10.0 Å². The van der Waals surface area contributed by atoms with Crippen molar-refractivity contribution < 1.29 is 9.59 Å². The number of nitrogens with one attached hydrogen (secondary N) is 1. The SMILES string of the molecule is Cc1csc(S[C@@H](C)C(=O)c2ccc(NC(=O)C(C)(C)C)cc2)n1. The van der Waals surface area contributed by atoms with Gasteiger partial charge >= 0.3 is 0 Å². The summed E-state index contributed by atoms with van der Waals surface area (Å²) in [5, 5.41) is 4.63. The molecule has 24 heavy (non-hydrogen) atoms. The molecule has 1 amide bonds. The maximum absolute atomic E-state index is 12.5. The number of aryl methyl sites for hydroxylation is 1. The molecule has 4 nitrogen and oxygen atoms in total. The highest BCUT2D eigenvalue weighted by Gasteiger charge is 2.22. The molecule has 1 aromatic heterocycles. The van der Waals surface area contributed by atoms with E-state index in [0.29, 0.717) is 11.3 Å². The van der Waals surface area contributed by atoms with Crippen molar-refractivity contribution in [3.05, 3.63) is 40.9 Å². The van der Waals surface area contributed by atoms with Crippen molar-refractivity contribution in [3.8, 4) is 0 Å². The molecule has 0 saturated carbocycles. The largest absolute Gasteiger partial charge is 0.326 e. The second kappa shape index (κ2) is 7.49. The Kier molecular flexibility index (Phi) is 5.83. The van der Waals surface area contributed by atoms with Crippen LogP contribution in [0, 0.1) is 12.3 Å². The Hall–Kier alpha value is -1.66. The number of carbonyl (C=O) groups excluding carboxylic acids is 2. The zero-order valence-corrected chi connectivity index (χ0v) is 16.2. The van der Waals surface area contributed by atoms with Crippen LogP contribution in [-0.4, -0.2) is 21.9 Å². The molecule has 0 bridgehead atoms. The van der Waals surface area contributed by atoms with Gasteiger partial charge in [0.1, 0.15) is 0 Å². The van der Waals surface area contributed by atoms with Gasteiger partial charge in [-0.3, -0.25) is 9.59 Å². The van der Waals surface area contributed by atoms with Gasteiger partial charge in [0.15, 0.2) is 10.1 Å². The van der Waals surface area contributed by atoms with E-state index < -0.39 is 5.41 Å². The van der Waals surface area contributed by atoms with Crippen LogP contribution in [0.3, 0.4) is 0 Å². The molecule has 1 N–H and O–H groups in total. The van der Waals surface area contributed by atoms with Crippen molar-refractivity contribution in [1.29, 1.82) is 0 Å². The average molecular weight is 363 g/mol. The van der Waals surface area contributed by atoms with Crippen LogP contribution in [0.15, 0.2) is 34.0 Å². The van der Waals surface area contributed by atoms with Crippen LogP contribution in [0.2, 0.25) is 0 Å². The van der Waals surface area contributed by atoms with E-state index in [2.05, 4.69) is 10.3 Å². The maximum Gasteiger partial charge on any atom is 0.229 e. The Morgan fingerprint density at radius 1 is 1.21 bits per heavy atom. The Labute approximate surface area is 151 Å². The molecule has 1 aromatic carbocycles. The molecule has 0 unspecified atom stereocenters. The number of rotatable bonds is 5. The smallest absolute Gasteiger partial charge is 0.229 e. The second-order valence-electron chi connectivity index (χ2n) is 6.66. The summed E-state index contributed by atoms with van der Waals surface area (Å²) in [5.41, 5.74) is 1.85. The highest BCUT2D eigenvalue weighted by atomic mass is 32.2. The Morgan fingerprint density at radius 2 is 1.83 bits per heavy atom. The fraction of sp³-hybridized carbons (Fsp3) is 0.389. The topological polar surface area (TPSA) is 59.1 Å². The van der Waals surface area contributed by atoms with Gasteiger partial charge in [0.2, 0.25) is 5.91 Å². The number of anilines is 1. The molecule has 0 saturated heterocycles.